The summed E-state index contributed by atoms with van der Waals surface area (Å²) < 4.78 is 19.7. The maximum absolute atomic E-state index is 13.1. The zero-order valence-corrected chi connectivity index (χ0v) is 13.9. The van der Waals surface area contributed by atoms with Crippen molar-refractivity contribution < 1.29 is 9.13 Å². The Morgan fingerprint density at radius 1 is 1.24 bits per heavy atom. The molecule has 0 bridgehead atoms. The fourth-order valence-corrected chi connectivity index (χ4v) is 2.69. The molecular weight excluding hydrogens is 357 g/mol. The first kappa shape index (κ1) is 16.3. The summed E-state index contributed by atoms with van der Waals surface area (Å²) in [6.45, 7) is 2.29. The summed E-state index contributed by atoms with van der Waals surface area (Å²) in [5, 5.41) is 0.0995. The van der Waals surface area contributed by atoms with Crippen LogP contribution < -0.4 is 10.5 Å². The quantitative estimate of drug-likeness (QED) is 0.825. The lowest BCUT2D eigenvalue weighted by molar-refractivity contribution is 0.304. The Morgan fingerprint density at radius 3 is 2.57 bits per heavy atom. The van der Waals surface area contributed by atoms with Crippen molar-refractivity contribution in [3.05, 3.63) is 62.8 Å². The number of hydrogen-bond donors (Lipinski definition) is 1. The standard InChI is InChI=1S/C16H16BrClFNO/c1-10(20)6-11-3-5-16(13(17)7-11)21-9-12-2-4-15(19)14(18)8-12/h2-5,7-8,10H,6,9,20H2,1H3. The number of rotatable bonds is 5. The lowest BCUT2D eigenvalue weighted by Crippen LogP contribution is -2.17. The summed E-state index contributed by atoms with van der Waals surface area (Å²) in [4.78, 5) is 0. The minimum Gasteiger partial charge on any atom is -0.488 e. The summed E-state index contributed by atoms with van der Waals surface area (Å²) in [5.74, 6) is 0.297. The van der Waals surface area contributed by atoms with Gasteiger partial charge in [0.15, 0.2) is 0 Å². The van der Waals surface area contributed by atoms with Crippen LogP contribution in [0.1, 0.15) is 18.1 Å². The molecule has 2 nitrogen and oxygen atoms in total. The molecule has 0 aliphatic heterocycles. The molecule has 0 aliphatic carbocycles. The molecular formula is C16H16BrClFNO. The average molecular weight is 373 g/mol. The molecule has 0 aromatic heterocycles. The smallest absolute Gasteiger partial charge is 0.141 e. The molecule has 2 aromatic rings. The van der Waals surface area contributed by atoms with Gasteiger partial charge in [0.2, 0.25) is 0 Å². The van der Waals surface area contributed by atoms with Crippen molar-refractivity contribution in [3.8, 4) is 5.75 Å². The van der Waals surface area contributed by atoms with E-state index in [-0.39, 0.29) is 11.1 Å². The van der Waals surface area contributed by atoms with E-state index < -0.39 is 5.82 Å². The van der Waals surface area contributed by atoms with E-state index in [9.17, 15) is 4.39 Å². The van der Waals surface area contributed by atoms with Crippen LogP contribution in [0.2, 0.25) is 5.02 Å². The molecule has 1 unspecified atom stereocenters. The first-order valence-electron chi connectivity index (χ1n) is 6.56. The lowest BCUT2D eigenvalue weighted by atomic mass is 10.1. The minimum absolute atomic E-state index is 0.0995. The van der Waals surface area contributed by atoms with Gasteiger partial charge in [0.05, 0.1) is 9.50 Å². The molecule has 0 heterocycles. The molecule has 1 atom stereocenters. The molecule has 0 aliphatic rings. The third-order valence-corrected chi connectivity index (χ3v) is 3.84. The van der Waals surface area contributed by atoms with Crippen LogP contribution in [-0.2, 0) is 13.0 Å². The second-order valence-corrected chi connectivity index (χ2v) is 6.24. The van der Waals surface area contributed by atoms with Gasteiger partial charge in [-0.15, -0.1) is 0 Å². The van der Waals surface area contributed by atoms with Crippen LogP contribution >= 0.6 is 27.5 Å². The largest absolute Gasteiger partial charge is 0.488 e. The Kier molecular flexibility index (Phi) is 5.62. The summed E-state index contributed by atoms with van der Waals surface area (Å²) in [7, 11) is 0. The fourth-order valence-electron chi connectivity index (χ4n) is 1.95. The molecule has 2 rings (SSSR count). The highest BCUT2D eigenvalue weighted by Gasteiger charge is 2.06. The van der Waals surface area contributed by atoms with Crippen LogP contribution in [0.4, 0.5) is 4.39 Å². The summed E-state index contributed by atoms with van der Waals surface area (Å²) >= 11 is 9.23. The van der Waals surface area contributed by atoms with E-state index in [0.717, 1.165) is 27.8 Å². The Hall–Kier alpha value is -1.10. The average Bonchev–Trinajstić information content (AvgIpc) is 2.41. The van der Waals surface area contributed by atoms with Crippen LogP contribution in [0.25, 0.3) is 0 Å². The van der Waals surface area contributed by atoms with Crippen LogP contribution in [0, 0.1) is 5.82 Å². The summed E-state index contributed by atoms with van der Waals surface area (Å²) in [5.41, 5.74) is 7.74. The van der Waals surface area contributed by atoms with E-state index in [4.69, 9.17) is 22.1 Å². The fraction of sp³-hybridized carbons (Fsp3) is 0.250. The van der Waals surface area contributed by atoms with Crippen LogP contribution in [-0.4, -0.2) is 6.04 Å². The number of ether oxygens (including phenoxy) is 1. The Bertz CT molecular complexity index is 634. The van der Waals surface area contributed by atoms with Gasteiger partial charge >= 0.3 is 0 Å². The molecule has 2 aromatic carbocycles. The van der Waals surface area contributed by atoms with Gasteiger partial charge in [-0.1, -0.05) is 23.7 Å². The molecule has 0 saturated carbocycles. The molecule has 0 radical (unpaired) electrons. The topological polar surface area (TPSA) is 35.2 Å². The van der Waals surface area contributed by atoms with E-state index in [2.05, 4.69) is 15.9 Å². The van der Waals surface area contributed by atoms with Gasteiger partial charge in [-0.2, -0.15) is 0 Å². The predicted molar refractivity (Wildman–Crippen MR) is 87.2 cm³/mol. The second-order valence-electron chi connectivity index (χ2n) is 4.98. The Balaban J connectivity index is 2.04. The maximum Gasteiger partial charge on any atom is 0.141 e. The highest BCUT2D eigenvalue weighted by molar-refractivity contribution is 9.10. The monoisotopic (exact) mass is 371 g/mol. The van der Waals surface area contributed by atoms with E-state index in [1.54, 1.807) is 12.1 Å². The van der Waals surface area contributed by atoms with Crippen molar-refractivity contribution in [3.63, 3.8) is 0 Å². The number of hydrogen-bond acceptors (Lipinski definition) is 2. The zero-order valence-electron chi connectivity index (χ0n) is 11.6. The van der Waals surface area contributed by atoms with Crippen molar-refractivity contribution >= 4 is 27.5 Å². The maximum atomic E-state index is 13.1. The van der Waals surface area contributed by atoms with Crippen molar-refractivity contribution in [2.24, 2.45) is 5.73 Å². The van der Waals surface area contributed by atoms with Crippen molar-refractivity contribution in [1.29, 1.82) is 0 Å². The molecule has 0 fully saturated rings. The number of nitrogens with two attached hydrogens (primary N) is 1. The molecule has 0 amide bonds. The van der Waals surface area contributed by atoms with Crippen LogP contribution in [0.3, 0.4) is 0 Å². The van der Waals surface area contributed by atoms with Gasteiger partial charge in [-0.25, -0.2) is 4.39 Å². The summed E-state index contributed by atoms with van der Waals surface area (Å²) in [6, 6.07) is 10.5. The van der Waals surface area contributed by atoms with Gasteiger partial charge in [-0.3, -0.25) is 0 Å². The third-order valence-electron chi connectivity index (χ3n) is 2.93. The molecule has 21 heavy (non-hydrogen) atoms. The molecule has 112 valence electrons. The normalized spacial score (nSPS) is 12.2. The SMILES string of the molecule is CC(N)Cc1ccc(OCc2ccc(F)c(Cl)c2)c(Br)c1. The van der Waals surface area contributed by atoms with E-state index in [1.165, 1.54) is 6.07 Å². The zero-order chi connectivity index (χ0) is 15.4. The van der Waals surface area contributed by atoms with Crippen molar-refractivity contribution in [2.45, 2.75) is 26.0 Å². The van der Waals surface area contributed by atoms with Gasteiger partial charge in [-0.05, 0) is 64.7 Å². The number of halogens is 3. The predicted octanol–water partition coefficient (Wildman–Crippen LogP) is 4.71. The second kappa shape index (κ2) is 7.25. The van der Waals surface area contributed by atoms with Gasteiger partial charge < -0.3 is 10.5 Å². The minimum atomic E-state index is -0.429. The van der Waals surface area contributed by atoms with Gasteiger partial charge in [0, 0.05) is 6.04 Å². The highest BCUT2D eigenvalue weighted by atomic mass is 79.9. The van der Waals surface area contributed by atoms with Crippen molar-refractivity contribution in [1.82, 2.24) is 0 Å². The van der Waals surface area contributed by atoms with Crippen molar-refractivity contribution in [2.75, 3.05) is 0 Å². The summed E-state index contributed by atoms with van der Waals surface area (Å²) in [6.07, 6.45) is 0.812. The highest BCUT2D eigenvalue weighted by Crippen LogP contribution is 2.27. The van der Waals surface area contributed by atoms with Crippen LogP contribution in [0.15, 0.2) is 40.9 Å². The van der Waals surface area contributed by atoms with E-state index in [1.807, 2.05) is 25.1 Å². The van der Waals surface area contributed by atoms with Gasteiger partial charge in [0.1, 0.15) is 18.2 Å². The third kappa shape index (κ3) is 4.70. The molecule has 0 saturated heterocycles. The Labute approximate surface area is 137 Å². The van der Waals surface area contributed by atoms with Crippen LogP contribution in [0.5, 0.6) is 5.75 Å². The van der Waals surface area contributed by atoms with Gasteiger partial charge in [0.25, 0.3) is 0 Å². The lowest BCUT2D eigenvalue weighted by Gasteiger charge is -2.11. The molecule has 5 heteroatoms. The van der Waals surface area contributed by atoms with E-state index in [0.29, 0.717) is 6.61 Å². The first-order chi connectivity index (χ1) is 9.95. The van der Waals surface area contributed by atoms with E-state index >= 15 is 0 Å². The first-order valence-corrected chi connectivity index (χ1v) is 7.73. The number of benzene rings is 2. The molecule has 2 N–H and O–H groups in total. The Morgan fingerprint density at radius 2 is 1.95 bits per heavy atom. The molecule has 0 spiro atoms.